The van der Waals surface area contributed by atoms with E-state index in [1.165, 1.54) is 0 Å². The highest BCUT2D eigenvalue weighted by Crippen LogP contribution is 2.17. The van der Waals surface area contributed by atoms with Gasteiger partial charge in [0.1, 0.15) is 11.5 Å². The Balaban J connectivity index is 0.00000264. The van der Waals surface area contributed by atoms with Gasteiger partial charge in [0.05, 0.1) is 12.3 Å². The number of hydrogen-bond donors (Lipinski definition) is 1. The van der Waals surface area contributed by atoms with Gasteiger partial charge in [0.15, 0.2) is 6.61 Å². The van der Waals surface area contributed by atoms with E-state index in [4.69, 9.17) is 9.15 Å². The molecule has 1 N–H and O–H groups in total. The molecular formula is C17H23ClN2O3. The first kappa shape index (κ1) is 19.1. The molecule has 1 amide bonds. The molecule has 0 aliphatic rings. The molecular weight excluding hydrogens is 316 g/mol. The predicted molar refractivity (Wildman–Crippen MR) is 92.1 cm³/mol. The number of nitrogens with one attached hydrogen (secondary N) is 1. The van der Waals surface area contributed by atoms with E-state index in [0.29, 0.717) is 12.3 Å². The summed E-state index contributed by atoms with van der Waals surface area (Å²) >= 11 is 0. The molecule has 0 saturated carbocycles. The van der Waals surface area contributed by atoms with Crippen LogP contribution < -0.4 is 10.1 Å². The molecule has 2 aromatic rings. The van der Waals surface area contributed by atoms with E-state index in [0.717, 1.165) is 11.3 Å². The lowest BCUT2D eigenvalue weighted by molar-refractivity contribution is -0.123. The molecule has 1 aromatic carbocycles. The maximum Gasteiger partial charge on any atom is 0.258 e. The lowest BCUT2D eigenvalue weighted by Gasteiger charge is -2.22. The topological polar surface area (TPSA) is 54.7 Å². The molecule has 0 saturated heterocycles. The van der Waals surface area contributed by atoms with Crippen LogP contribution in [0.4, 0.5) is 0 Å². The van der Waals surface area contributed by atoms with Crippen molar-refractivity contribution >= 4 is 18.3 Å². The van der Waals surface area contributed by atoms with Crippen LogP contribution in [0.1, 0.15) is 17.4 Å². The Kier molecular flexibility index (Phi) is 7.65. The van der Waals surface area contributed by atoms with Crippen LogP contribution in [0.5, 0.6) is 5.75 Å². The number of amides is 1. The van der Waals surface area contributed by atoms with Crippen molar-refractivity contribution in [3.05, 3.63) is 54.0 Å². The lowest BCUT2D eigenvalue weighted by Crippen LogP contribution is -2.36. The van der Waals surface area contributed by atoms with E-state index in [1.807, 2.05) is 62.3 Å². The smallest absolute Gasteiger partial charge is 0.258 e. The van der Waals surface area contributed by atoms with E-state index < -0.39 is 0 Å². The summed E-state index contributed by atoms with van der Waals surface area (Å²) in [7, 11) is 3.89. The van der Waals surface area contributed by atoms with Crippen molar-refractivity contribution in [1.29, 1.82) is 0 Å². The number of ether oxygens (including phenoxy) is 1. The molecule has 0 fully saturated rings. The minimum absolute atomic E-state index is 0. The summed E-state index contributed by atoms with van der Waals surface area (Å²) < 4.78 is 10.9. The third kappa shape index (κ3) is 5.96. The summed E-state index contributed by atoms with van der Waals surface area (Å²) in [6.07, 6.45) is 1.63. The summed E-state index contributed by atoms with van der Waals surface area (Å²) in [5, 5.41) is 2.87. The number of rotatable bonds is 7. The molecule has 1 unspecified atom stereocenters. The monoisotopic (exact) mass is 338 g/mol. The quantitative estimate of drug-likeness (QED) is 0.843. The fourth-order valence-electron chi connectivity index (χ4n) is 2.13. The van der Waals surface area contributed by atoms with Gasteiger partial charge >= 0.3 is 0 Å². The molecule has 1 atom stereocenters. The average molecular weight is 339 g/mol. The van der Waals surface area contributed by atoms with Gasteiger partial charge in [-0.1, -0.05) is 12.1 Å². The van der Waals surface area contributed by atoms with E-state index in [2.05, 4.69) is 5.32 Å². The first-order valence-electron chi connectivity index (χ1n) is 7.22. The summed E-state index contributed by atoms with van der Waals surface area (Å²) in [4.78, 5) is 13.9. The van der Waals surface area contributed by atoms with Crippen LogP contribution in [-0.2, 0) is 4.79 Å². The number of furan rings is 1. The second kappa shape index (κ2) is 9.22. The van der Waals surface area contributed by atoms with Crippen molar-refractivity contribution in [2.24, 2.45) is 0 Å². The fourth-order valence-corrected chi connectivity index (χ4v) is 2.13. The Morgan fingerprint density at radius 3 is 2.70 bits per heavy atom. The number of carbonyl (C=O) groups is 1. The van der Waals surface area contributed by atoms with Gasteiger partial charge in [0.2, 0.25) is 0 Å². The van der Waals surface area contributed by atoms with Crippen molar-refractivity contribution in [3.8, 4) is 5.75 Å². The van der Waals surface area contributed by atoms with Crippen LogP contribution in [0, 0.1) is 6.92 Å². The maximum atomic E-state index is 11.9. The third-order valence-corrected chi connectivity index (χ3v) is 3.35. The van der Waals surface area contributed by atoms with Crippen molar-refractivity contribution < 1.29 is 13.9 Å². The van der Waals surface area contributed by atoms with Crippen molar-refractivity contribution in [3.63, 3.8) is 0 Å². The Hall–Kier alpha value is -1.98. The number of hydrogen-bond acceptors (Lipinski definition) is 4. The van der Waals surface area contributed by atoms with Crippen LogP contribution in [0.25, 0.3) is 0 Å². The summed E-state index contributed by atoms with van der Waals surface area (Å²) in [5.74, 6) is 1.37. The first-order chi connectivity index (χ1) is 10.6. The first-order valence-corrected chi connectivity index (χ1v) is 7.22. The van der Waals surface area contributed by atoms with Crippen LogP contribution >= 0.6 is 12.4 Å². The van der Waals surface area contributed by atoms with Gasteiger partial charge in [-0.2, -0.15) is 0 Å². The normalized spacial score (nSPS) is 11.7. The number of halogens is 1. The van der Waals surface area contributed by atoms with E-state index in [1.54, 1.807) is 6.26 Å². The van der Waals surface area contributed by atoms with E-state index in [-0.39, 0.29) is 31.0 Å². The minimum atomic E-state index is -0.153. The fraction of sp³-hybridized carbons (Fsp3) is 0.353. The van der Waals surface area contributed by atoms with Crippen molar-refractivity contribution in [2.45, 2.75) is 13.0 Å². The zero-order chi connectivity index (χ0) is 15.9. The Morgan fingerprint density at radius 2 is 2.09 bits per heavy atom. The van der Waals surface area contributed by atoms with Gasteiger partial charge in [0.25, 0.3) is 5.91 Å². The van der Waals surface area contributed by atoms with Gasteiger partial charge in [0, 0.05) is 6.54 Å². The molecule has 5 nitrogen and oxygen atoms in total. The molecule has 23 heavy (non-hydrogen) atoms. The molecule has 126 valence electrons. The summed E-state index contributed by atoms with van der Waals surface area (Å²) in [6, 6.07) is 11.4. The predicted octanol–water partition coefficient (Wildman–Crippen LogP) is 2.81. The third-order valence-electron chi connectivity index (χ3n) is 3.35. The Labute approximate surface area is 143 Å². The molecule has 0 aliphatic heterocycles. The molecule has 0 aliphatic carbocycles. The van der Waals surface area contributed by atoms with Crippen molar-refractivity contribution in [2.75, 3.05) is 27.2 Å². The number of carbonyl (C=O) groups excluding carboxylic acids is 1. The van der Waals surface area contributed by atoms with Gasteiger partial charge in [-0.15, -0.1) is 12.4 Å². The Bertz CT molecular complexity index is 600. The SMILES string of the molecule is Cc1cccc(OCC(=O)NCC(c2ccco2)N(C)C)c1.Cl. The second-order valence-corrected chi connectivity index (χ2v) is 5.40. The molecule has 0 bridgehead atoms. The van der Waals surface area contributed by atoms with Gasteiger partial charge in [-0.3, -0.25) is 9.69 Å². The molecule has 0 radical (unpaired) electrons. The Morgan fingerprint density at radius 1 is 1.30 bits per heavy atom. The maximum absolute atomic E-state index is 11.9. The number of aryl methyl sites for hydroxylation is 1. The van der Waals surface area contributed by atoms with Crippen LogP contribution in [0.15, 0.2) is 47.1 Å². The number of likely N-dealkylation sites (N-methyl/N-ethyl adjacent to an activating group) is 1. The second-order valence-electron chi connectivity index (χ2n) is 5.40. The van der Waals surface area contributed by atoms with Crippen LogP contribution in [0.3, 0.4) is 0 Å². The van der Waals surface area contributed by atoms with E-state index >= 15 is 0 Å². The zero-order valence-electron chi connectivity index (χ0n) is 13.6. The molecule has 0 spiro atoms. The molecule has 1 heterocycles. The van der Waals surface area contributed by atoms with Gasteiger partial charge in [-0.25, -0.2) is 0 Å². The summed E-state index contributed by atoms with van der Waals surface area (Å²) in [6.45, 7) is 2.45. The lowest BCUT2D eigenvalue weighted by atomic mass is 10.2. The van der Waals surface area contributed by atoms with Gasteiger partial charge in [-0.05, 0) is 50.8 Å². The highest BCUT2D eigenvalue weighted by molar-refractivity contribution is 5.85. The van der Waals surface area contributed by atoms with Crippen molar-refractivity contribution in [1.82, 2.24) is 10.2 Å². The summed E-state index contributed by atoms with van der Waals surface area (Å²) in [5.41, 5.74) is 1.10. The number of nitrogens with zero attached hydrogens (tertiary/aromatic N) is 1. The molecule has 6 heteroatoms. The van der Waals surface area contributed by atoms with Crippen LogP contribution in [-0.4, -0.2) is 38.1 Å². The molecule has 1 aromatic heterocycles. The van der Waals surface area contributed by atoms with Crippen LogP contribution in [0.2, 0.25) is 0 Å². The van der Waals surface area contributed by atoms with Gasteiger partial charge < -0.3 is 14.5 Å². The number of benzene rings is 1. The highest BCUT2D eigenvalue weighted by Gasteiger charge is 2.17. The highest BCUT2D eigenvalue weighted by atomic mass is 35.5. The largest absolute Gasteiger partial charge is 0.484 e. The average Bonchev–Trinajstić information content (AvgIpc) is 2.99. The van der Waals surface area contributed by atoms with E-state index in [9.17, 15) is 4.79 Å². The standard InChI is InChI=1S/C17H22N2O3.ClH/c1-13-6-4-7-14(10-13)22-12-17(20)18-11-15(19(2)3)16-8-5-9-21-16;/h4-10,15H,11-12H2,1-3H3,(H,18,20);1H. The zero-order valence-corrected chi connectivity index (χ0v) is 14.4. The minimum Gasteiger partial charge on any atom is -0.484 e. The molecule has 2 rings (SSSR count).